The second-order valence-corrected chi connectivity index (χ2v) is 10.4. The van der Waals surface area contributed by atoms with E-state index in [1.165, 1.54) is 4.52 Å². The molecule has 1 aliphatic heterocycles. The number of hydrogen-bond donors (Lipinski definition) is 2. The molecule has 1 saturated heterocycles. The van der Waals surface area contributed by atoms with Gasteiger partial charge in [0.1, 0.15) is 15.7 Å². The minimum absolute atomic E-state index is 0.0853. The van der Waals surface area contributed by atoms with Crippen molar-refractivity contribution in [2.24, 2.45) is 0 Å². The molecule has 3 N–H and O–H groups in total. The van der Waals surface area contributed by atoms with E-state index in [2.05, 4.69) is 10.1 Å². The van der Waals surface area contributed by atoms with Gasteiger partial charge >= 0.3 is 0 Å². The zero-order valence-electron chi connectivity index (χ0n) is 17.1. The summed E-state index contributed by atoms with van der Waals surface area (Å²) in [6.07, 6.45) is 3.57. The van der Waals surface area contributed by atoms with Crippen molar-refractivity contribution in [3.8, 4) is 11.1 Å². The smallest absolute Gasteiger partial charge is 0.165 e. The molecule has 31 heavy (non-hydrogen) atoms. The predicted octanol–water partition coefficient (Wildman–Crippen LogP) is 2.87. The van der Waals surface area contributed by atoms with Crippen molar-refractivity contribution in [2.45, 2.75) is 31.8 Å². The molecule has 1 unspecified atom stereocenters. The number of benzene rings is 1. The average Bonchev–Trinajstić information content (AvgIpc) is 3.17. The van der Waals surface area contributed by atoms with Gasteiger partial charge in [0.25, 0.3) is 0 Å². The lowest BCUT2D eigenvalue weighted by Crippen LogP contribution is -2.24. The number of anilines is 1. The van der Waals surface area contributed by atoms with Crippen LogP contribution in [0.5, 0.6) is 0 Å². The Hall–Kier alpha value is -3.04. The number of pyridine rings is 1. The van der Waals surface area contributed by atoms with Gasteiger partial charge in [-0.1, -0.05) is 18.2 Å². The second kappa shape index (κ2) is 7.28. The van der Waals surface area contributed by atoms with E-state index < -0.39 is 15.9 Å². The van der Waals surface area contributed by atoms with Gasteiger partial charge < -0.3 is 10.8 Å². The van der Waals surface area contributed by atoms with Gasteiger partial charge in [0.05, 0.1) is 35.0 Å². The molecule has 9 heteroatoms. The summed E-state index contributed by atoms with van der Waals surface area (Å²) in [6.45, 7) is 1.64. The summed E-state index contributed by atoms with van der Waals surface area (Å²) in [5.74, 6) is 0.468. The van der Waals surface area contributed by atoms with E-state index >= 15 is 0 Å². The number of nitrogens with zero attached hydrogens (tertiary/aromatic N) is 4. The lowest BCUT2D eigenvalue weighted by Gasteiger charge is -2.25. The summed E-state index contributed by atoms with van der Waals surface area (Å²) in [5.41, 5.74) is 10.7. The van der Waals surface area contributed by atoms with E-state index in [0.717, 1.165) is 22.0 Å². The molecule has 160 valence electrons. The van der Waals surface area contributed by atoms with Gasteiger partial charge in [-0.3, -0.25) is 4.98 Å². The van der Waals surface area contributed by atoms with E-state index in [-0.39, 0.29) is 17.4 Å². The Morgan fingerprint density at radius 1 is 1.19 bits per heavy atom. The Labute approximate surface area is 179 Å². The Bertz CT molecular complexity index is 1400. The number of rotatable bonds is 3. The lowest BCUT2D eigenvalue weighted by molar-refractivity contribution is 0.197. The van der Waals surface area contributed by atoms with Crippen LogP contribution in [0.25, 0.3) is 27.7 Å². The van der Waals surface area contributed by atoms with Crippen molar-refractivity contribution in [1.82, 2.24) is 19.6 Å². The SMILES string of the molecule is CC(O)c1c(C2CCS(=O)(=O)CC2)nc2c(-c3cnc4ccccc4c3)cnn2c1N. The Balaban J connectivity index is 1.69. The summed E-state index contributed by atoms with van der Waals surface area (Å²) in [6, 6.07) is 9.89. The summed E-state index contributed by atoms with van der Waals surface area (Å²) < 4.78 is 25.4. The molecule has 0 bridgehead atoms. The summed E-state index contributed by atoms with van der Waals surface area (Å²) >= 11 is 0. The zero-order chi connectivity index (χ0) is 21.8. The Morgan fingerprint density at radius 3 is 2.68 bits per heavy atom. The quantitative estimate of drug-likeness (QED) is 0.505. The Kier molecular flexibility index (Phi) is 4.67. The second-order valence-electron chi connectivity index (χ2n) is 8.11. The number of sulfone groups is 1. The molecular formula is C22H23N5O3S. The number of aliphatic hydroxyl groups is 1. The summed E-state index contributed by atoms with van der Waals surface area (Å²) in [5, 5.41) is 15.9. The molecular weight excluding hydrogens is 414 g/mol. The minimum atomic E-state index is -3.02. The molecule has 0 radical (unpaired) electrons. The summed E-state index contributed by atoms with van der Waals surface area (Å²) in [7, 11) is -3.02. The molecule has 1 atom stereocenters. The number of nitrogen functional groups attached to an aromatic ring is 1. The van der Waals surface area contributed by atoms with Gasteiger partial charge in [0.15, 0.2) is 5.65 Å². The molecule has 0 saturated carbocycles. The van der Waals surface area contributed by atoms with Gasteiger partial charge in [0, 0.05) is 34.2 Å². The van der Waals surface area contributed by atoms with Crippen LogP contribution in [0, 0.1) is 0 Å². The first-order valence-corrected chi connectivity index (χ1v) is 12.1. The number of hydrogen-bond acceptors (Lipinski definition) is 7. The zero-order valence-corrected chi connectivity index (χ0v) is 17.9. The topological polar surface area (TPSA) is 123 Å². The average molecular weight is 438 g/mol. The Morgan fingerprint density at radius 2 is 1.94 bits per heavy atom. The molecule has 1 aliphatic rings. The van der Waals surface area contributed by atoms with Gasteiger partial charge in [-0.05, 0) is 31.9 Å². The monoisotopic (exact) mass is 437 g/mol. The first-order chi connectivity index (χ1) is 14.8. The normalized spacial score (nSPS) is 17.9. The molecule has 0 amide bonds. The fraction of sp³-hybridized carbons (Fsp3) is 0.318. The molecule has 3 aromatic heterocycles. The predicted molar refractivity (Wildman–Crippen MR) is 119 cm³/mol. The lowest BCUT2D eigenvalue weighted by atomic mass is 9.92. The van der Waals surface area contributed by atoms with Crippen LogP contribution in [0.2, 0.25) is 0 Å². The molecule has 0 aliphatic carbocycles. The first kappa shape index (κ1) is 19.9. The van der Waals surface area contributed by atoms with Crippen molar-refractivity contribution in [3.63, 3.8) is 0 Å². The van der Waals surface area contributed by atoms with Crippen LogP contribution >= 0.6 is 0 Å². The third-order valence-electron chi connectivity index (χ3n) is 6.01. The largest absolute Gasteiger partial charge is 0.388 e. The van der Waals surface area contributed by atoms with Gasteiger partial charge in [-0.15, -0.1) is 0 Å². The third-order valence-corrected chi connectivity index (χ3v) is 7.73. The molecule has 5 rings (SSSR count). The van der Waals surface area contributed by atoms with Crippen LogP contribution in [-0.4, -0.2) is 44.6 Å². The molecule has 4 heterocycles. The van der Waals surface area contributed by atoms with Crippen molar-refractivity contribution in [2.75, 3.05) is 17.2 Å². The number of aromatic nitrogens is 4. The maximum absolute atomic E-state index is 11.9. The van der Waals surface area contributed by atoms with Crippen LogP contribution < -0.4 is 5.73 Å². The maximum atomic E-state index is 11.9. The van der Waals surface area contributed by atoms with Crippen molar-refractivity contribution < 1.29 is 13.5 Å². The van der Waals surface area contributed by atoms with E-state index in [1.54, 1.807) is 19.3 Å². The van der Waals surface area contributed by atoms with Crippen molar-refractivity contribution in [1.29, 1.82) is 0 Å². The maximum Gasteiger partial charge on any atom is 0.165 e. The van der Waals surface area contributed by atoms with Crippen LogP contribution in [0.15, 0.2) is 42.7 Å². The highest BCUT2D eigenvalue weighted by molar-refractivity contribution is 7.91. The van der Waals surface area contributed by atoms with Gasteiger partial charge in [0.2, 0.25) is 0 Å². The fourth-order valence-corrected chi connectivity index (χ4v) is 5.86. The molecule has 0 spiro atoms. The first-order valence-electron chi connectivity index (χ1n) is 10.2. The number of para-hydroxylation sites is 1. The molecule has 1 fully saturated rings. The van der Waals surface area contributed by atoms with E-state index in [1.807, 2.05) is 30.3 Å². The fourth-order valence-electron chi connectivity index (χ4n) is 4.37. The molecule has 1 aromatic carbocycles. The highest BCUT2D eigenvalue weighted by Crippen LogP contribution is 2.37. The highest BCUT2D eigenvalue weighted by atomic mass is 32.2. The third kappa shape index (κ3) is 3.43. The van der Waals surface area contributed by atoms with E-state index in [4.69, 9.17) is 10.7 Å². The van der Waals surface area contributed by atoms with E-state index in [0.29, 0.717) is 35.6 Å². The van der Waals surface area contributed by atoms with Crippen LogP contribution in [0.3, 0.4) is 0 Å². The van der Waals surface area contributed by atoms with Crippen molar-refractivity contribution >= 4 is 32.2 Å². The molecule has 8 nitrogen and oxygen atoms in total. The van der Waals surface area contributed by atoms with Crippen LogP contribution in [0.4, 0.5) is 5.82 Å². The van der Waals surface area contributed by atoms with Gasteiger partial charge in [-0.25, -0.2) is 13.4 Å². The van der Waals surface area contributed by atoms with Gasteiger partial charge in [-0.2, -0.15) is 9.61 Å². The van der Waals surface area contributed by atoms with Crippen LogP contribution in [-0.2, 0) is 9.84 Å². The standard InChI is InChI=1S/C22H23N5O3S/c1-13(28)19-20(14-6-8-31(29,30)9-7-14)26-22-17(12-25-27(22)21(19)23)16-10-15-4-2-3-5-18(15)24-11-16/h2-5,10-14,28H,6-9,23H2,1H3. The number of nitrogens with two attached hydrogens (primary N) is 1. The van der Waals surface area contributed by atoms with Crippen LogP contribution in [0.1, 0.15) is 43.0 Å². The summed E-state index contributed by atoms with van der Waals surface area (Å²) in [4.78, 5) is 9.42. The highest BCUT2D eigenvalue weighted by Gasteiger charge is 2.30. The number of aliphatic hydroxyl groups excluding tert-OH is 1. The molecule has 4 aromatic rings. The van der Waals surface area contributed by atoms with Crippen molar-refractivity contribution in [3.05, 3.63) is 54.0 Å². The minimum Gasteiger partial charge on any atom is -0.388 e. The number of fused-ring (bicyclic) bond motifs is 2. The van der Waals surface area contributed by atoms with E-state index in [9.17, 15) is 13.5 Å².